The molecule has 22 heavy (non-hydrogen) atoms. The SMILES string of the molecule is COc1ccc(Cl)cc1[C@H](C)NC[C@H]1CCCN1S(C)(=O)=O. The molecule has 7 heteroatoms. The molecule has 1 aliphatic rings. The van der Waals surface area contributed by atoms with Crippen LogP contribution in [-0.2, 0) is 10.0 Å². The molecule has 0 aliphatic carbocycles. The van der Waals surface area contributed by atoms with Gasteiger partial charge in [0.1, 0.15) is 5.75 Å². The number of hydrogen-bond acceptors (Lipinski definition) is 4. The Kier molecular flexibility index (Phi) is 5.71. The Morgan fingerprint density at radius 2 is 2.23 bits per heavy atom. The molecule has 124 valence electrons. The lowest BCUT2D eigenvalue weighted by Crippen LogP contribution is -2.41. The number of halogens is 1. The molecular weight excluding hydrogens is 324 g/mol. The summed E-state index contributed by atoms with van der Waals surface area (Å²) in [6.45, 7) is 3.25. The van der Waals surface area contributed by atoms with Crippen molar-refractivity contribution >= 4 is 21.6 Å². The van der Waals surface area contributed by atoms with E-state index in [1.165, 1.54) is 6.26 Å². The van der Waals surface area contributed by atoms with Crippen molar-refractivity contribution in [1.82, 2.24) is 9.62 Å². The van der Waals surface area contributed by atoms with Gasteiger partial charge in [-0.05, 0) is 38.0 Å². The van der Waals surface area contributed by atoms with Crippen molar-refractivity contribution in [3.8, 4) is 5.75 Å². The molecule has 1 fully saturated rings. The summed E-state index contributed by atoms with van der Waals surface area (Å²) >= 11 is 6.06. The van der Waals surface area contributed by atoms with Crippen LogP contribution in [0.5, 0.6) is 5.75 Å². The van der Waals surface area contributed by atoms with E-state index in [0.717, 1.165) is 24.2 Å². The van der Waals surface area contributed by atoms with E-state index in [1.54, 1.807) is 17.5 Å². The van der Waals surface area contributed by atoms with Crippen LogP contribution in [0.4, 0.5) is 0 Å². The van der Waals surface area contributed by atoms with Crippen LogP contribution < -0.4 is 10.1 Å². The predicted octanol–water partition coefficient (Wildman–Crippen LogP) is 2.42. The van der Waals surface area contributed by atoms with Crippen molar-refractivity contribution in [2.24, 2.45) is 0 Å². The fourth-order valence-corrected chi connectivity index (χ4v) is 4.28. The maximum absolute atomic E-state index is 11.8. The number of ether oxygens (including phenoxy) is 1. The van der Waals surface area contributed by atoms with Crippen molar-refractivity contribution in [2.75, 3.05) is 26.5 Å². The average Bonchev–Trinajstić information content (AvgIpc) is 2.93. The van der Waals surface area contributed by atoms with Crippen LogP contribution in [0, 0.1) is 0 Å². The van der Waals surface area contributed by atoms with Gasteiger partial charge in [0.05, 0.1) is 13.4 Å². The number of hydrogen-bond donors (Lipinski definition) is 1. The molecule has 1 aromatic carbocycles. The molecule has 0 spiro atoms. The van der Waals surface area contributed by atoms with E-state index in [-0.39, 0.29) is 12.1 Å². The Labute approximate surface area is 137 Å². The third-order valence-electron chi connectivity index (χ3n) is 4.07. The maximum Gasteiger partial charge on any atom is 0.211 e. The minimum Gasteiger partial charge on any atom is -0.496 e. The van der Waals surface area contributed by atoms with Gasteiger partial charge in [-0.1, -0.05) is 11.6 Å². The van der Waals surface area contributed by atoms with E-state index in [0.29, 0.717) is 18.1 Å². The number of nitrogens with one attached hydrogen (secondary N) is 1. The molecule has 1 aromatic rings. The molecule has 0 saturated carbocycles. The first-order valence-corrected chi connectivity index (χ1v) is 9.59. The second-order valence-electron chi connectivity index (χ2n) is 5.69. The quantitative estimate of drug-likeness (QED) is 0.859. The zero-order valence-electron chi connectivity index (χ0n) is 13.2. The van der Waals surface area contributed by atoms with E-state index in [1.807, 2.05) is 19.1 Å². The molecule has 0 amide bonds. The first-order valence-electron chi connectivity index (χ1n) is 7.36. The fraction of sp³-hybridized carbons (Fsp3) is 0.600. The second-order valence-corrected chi connectivity index (χ2v) is 8.06. The molecule has 1 heterocycles. The summed E-state index contributed by atoms with van der Waals surface area (Å²) < 4.78 is 30.5. The highest BCUT2D eigenvalue weighted by molar-refractivity contribution is 7.88. The highest BCUT2D eigenvalue weighted by Gasteiger charge is 2.31. The molecule has 1 aliphatic heterocycles. The highest BCUT2D eigenvalue weighted by atomic mass is 35.5. The lowest BCUT2D eigenvalue weighted by Gasteiger charge is -2.25. The van der Waals surface area contributed by atoms with Crippen molar-refractivity contribution in [3.63, 3.8) is 0 Å². The summed E-state index contributed by atoms with van der Waals surface area (Å²) in [6.07, 6.45) is 3.07. The van der Waals surface area contributed by atoms with Crippen LogP contribution in [0.15, 0.2) is 18.2 Å². The zero-order chi connectivity index (χ0) is 16.3. The summed E-state index contributed by atoms with van der Waals surface area (Å²) in [4.78, 5) is 0. The van der Waals surface area contributed by atoms with Crippen molar-refractivity contribution < 1.29 is 13.2 Å². The minimum atomic E-state index is -3.14. The van der Waals surface area contributed by atoms with Crippen molar-refractivity contribution in [1.29, 1.82) is 0 Å². The third kappa shape index (κ3) is 4.13. The van der Waals surface area contributed by atoms with E-state index in [4.69, 9.17) is 16.3 Å². The monoisotopic (exact) mass is 346 g/mol. The Morgan fingerprint density at radius 1 is 1.50 bits per heavy atom. The smallest absolute Gasteiger partial charge is 0.211 e. The van der Waals surface area contributed by atoms with Gasteiger partial charge in [-0.15, -0.1) is 0 Å². The van der Waals surface area contributed by atoms with Crippen LogP contribution in [-0.4, -0.2) is 45.2 Å². The Bertz CT molecular complexity index is 621. The third-order valence-corrected chi connectivity index (χ3v) is 5.63. The molecule has 1 N–H and O–H groups in total. The van der Waals surface area contributed by atoms with Gasteiger partial charge in [0.15, 0.2) is 0 Å². The number of nitrogens with zero attached hydrogens (tertiary/aromatic N) is 1. The Hall–Kier alpha value is -0.820. The molecule has 0 aromatic heterocycles. The molecular formula is C15H23ClN2O3S. The predicted molar refractivity (Wildman–Crippen MR) is 89.0 cm³/mol. The first-order chi connectivity index (χ1) is 10.3. The van der Waals surface area contributed by atoms with Gasteiger partial charge in [0.25, 0.3) is 0 Å². The van der Waals surface area contributed by atoms with Crippen LogP contribution in [0.3, 0.4) is 0 Å². The topological polar surface area (TPSA) is 58.6 Å². The normalized spacial score (nSPS) is 21.0. The summed E-state index contributed by atoms with van der Waals surface area (Å²) in [5.41, 5.74) is 0.971. The average molecular weight is 347 g/mol. The van der Waals surface area contributed by atoms with E-state index < -0.39 is 10.0 Å². The second kappa shape index (κ2) is 7.17. The number of rotatable bonds is 6. The Morgan fingerprint density at radius 3 is 2.86 bits per heavy atom. The summed E-state index contributed by atoms with van der Waals surface area (Å²) in [7, 11) is -1.51. The number of sulfonamides is 1. The molecule has 0 radical (unpaired) electrons. The van der Waals surface area contributed by atoms with Crippen LogP contribution >= 0.6 is 11.6 Å². The largest absolute Gasteiger partial charge is 0.496 e. The van der Waals surface area contributed by atoms with Gasteiger partial charge in [-0.25, -0.2) is 8.42 Å². The maximum atomic E-state index is 11.8. The molecule has 1 saturated heterocycles. The molecule has 5 nitrogen and oxygen atoms in total. The van der Waals surface area contributed by atoms with E-state index in [2.05, 4.69) is 5.32 Å². The summed E-state index contributed by atoms with van der Waals surface area (Å²) in [5.74, 6) is 0.774. The minimum absolute atomic E-state index is 0.0163. The number of benzene rings is 1. The van der Waals surface area contributed by atoms with Gasteiger partial charge >= 0.3 is 0 Å². The number of methoxy groups -OCH3 is 1. The van der Waals surface area contributed by atoms with Crippen molar-refractivity contribution in [2.45, 2.75) is 31.8 Å². The molecule has 0 bridgehead atoms. The van der Waals surface area contributed by atoms with Crippen LogP contribution in [0.25, 0.3) is 0 Å². The van der Waals surface area contributed by atoms with Crippen LogP contribution in [0.2, 0.25) is 5.02 Å². The van der Waals surface area contributed by atoms with Crippen LogP contribution in [0.1, 0.15) is 31.4 Å². The highest BCUT2D eigenvalue weighted by Crippen LogP contribution is 2.28. The summed E-state index contributed by atoms with van der Waals surface area (Å²) in [6, 6.07) is 5.55. The lowest BCUT2D eigenvalue weighted by atomic mass is 10.1. The van der Waals surface area contributed by atoms with Gasteiger partial charge in [-0.3, -0.25) is 0 Å². The summed E-state index contributed by atoms with van der Waals surface area (Å²) in [5, 5.41) is 4.06. The lowest BCUT2D eigenvalue weighted by molar-refractivity contribution is 0.357. The molecule has 2 rings (SSSR count). The van der Waals surface area contributed by atoms with E-state index in [9.17, 15) is 8.42 Å². The van der Waals surface area contributed by atoms with Gasteiger partial charge < -0.3 is 10.1 Å². The van der Waals surface area contributed by atoms with Crippen molar-refractivity contribution in [3.05, 3.63) is 28.8 Å². The Balaban J connectivity index is 2.04. The van der Waals surface area contributed by atoms with Gasteiger partial charge in [-0.2, -0.15) is 4.31 Å². The molecule has 2 atom stereocenters. The first kappa shape index (κ1) is 17.5. The van der Waals surface area contributed by atoms with Gasteiger partial charge in [0.2, 0.25) is 10.0 Å². The van der Waals surface area contributed by atoms with Gasteiger partial charge in [0, 0.05) is 35.8 Å². The zero-order valence-corrected chi connectivity index (χ0v) is 14.7. The molecule has 0 unspecified atom stereocenters. The fourth-order valence-electron chi connectivity index (χ4n) is 2.92. The van der Waals surface area contributed by atoms with E-state index >= 15 is 0 Å². The standard InChI is InChI=1S/C15H23ClN2O3S/c1-11(14-9-12(16)6-7-15(14)21-2)17-10-13-5-4-8-18(13)22(3,19)20/h6-7,9,11,13,17H,4-5,8,10H2,1-3H3/t11-,13+/m0/s1.